The Hall–Kier alpha value is 0.240. The summed E-state index contributed by atoms with van der Waals surface area (Å²) in [5.74, 6) is 1.65. The standard InChI is InChI=1S/C8H7ClI/c9-6-5-7-3-1-2-4-8(7)10/h1-4,6H,5H2. The Morgan fingerprint density at radius 2 is 2.10 bits per heavy atom. The summed E-state index contributed by atoms with van der Waals surface area (Å²) in [6, 6.07) is 8.22. The molecule has 1 rings (SSSR count). The molecular weight excluding hydrogens is 258 g/mol. The highest BCUT2D eigenvalue weighted by Gasteiger charge is 1.95. The molecule has 0 fully saturated rings. The summed E-state index contributed by atoms with van der Waals surface area (Å²) >= 11 is 7.78. The maximum Gasteiger partial charge on any atom is 0.0543 e. The molecule has 0 aliphatic rings. The van der Waals surface area contributed by atoms with Crippen molar-refractivity contribution in [2.45, 2.75) is 6.42 Å². The van der Waals surface area contributed by atoms with Crippen molar-refractivity contribution in [3.63, 3.8) is 0 Å². The van der Waals surface area contributed by atoms with Crippen molar-refractivity contribution in [2.75, 3.05) is 0 Å². The van der Waals surface area contributed by atoms with Crippen molar-refractivity contribution in [3.8, 4) is 0 Å². The van der Waals surface area contributed by atoms with E-state index in [1.165, 1.54) is 9.13 Å². The zero-order valence-corrected chi connectivity index (χ0v) is 8.26. The third kappa shape index (κ3) is 2.13. The molecule has 10 heavy (non-hydrogen) atoms. The quantitative estimate of drug-likeness (QED) is 0.720. The van der Waals surface area contributed by atoms with Gasteiger partial charge in [-0.15, -0.1) is 11.6 Å². The highest BCUT2D eigenvalue weighted by Crippen LogP contribution is 2.13. The van der Waals surface area contributed by atoms with Gasteiger partial charge in [-0.05, 0) is 40.6 Å². The summed E-state index contributed by atoms with van der Waals surface area (Å²) in [6.07, 6.45) is 0.848. The first-order chi connectivity index (χ1) is 4.84. The minimum absolute atomic E-state index is 0.848. The number of rotatable bonds is 2. The second-order valence-electron chi connectivity index (χ2n) is 1.95. The van der Waals surface area contributed by atoms with Crippen LogP contribution in [-0.2, 0) is 6.42 Å². The molecule has 0 saturated heterocycles. The molecule has 0 aliphatic heterocycles. The third-order valence-electron chi connectivity index (χ3n) is 1.25. The fourth-order valence-corrected chi connectivity index (χ4v) is 1.52. The van der Waals surface area contributed by atoms with Gasteiger partial charge in [-0.3, -0.25) is 0 Å². The number of benzene rings is 1. The molecule has 0 saturated carbocycles. The van der Waals surface area contributed by atoms with E-state index >= 15 is 0 Å². The van der Waals surface area contributed by atoms with Crippen LogP contribution in [0.2, 0.25) is 0 Å². The van der Waals surface area contributed by atoms with Crippen LogP contribution < -0.4 is 0 Å². The van der Waals surface area contributed by atoms with E-state index in [4.69, 9.17) is 11.6 Å². The molecule has 0 aliphatic carbocycles. The molecule has 0 heterocycles. The molecule has 1 aromatic carbocycles. The van der Waals surface area contributed by atoms with Crippen molar-refractivity contribution < 1.29 is 0 Å². The second kappa shape index (κ2) is 4.19. The summed E-state index contributed by atoms with van der Waals surface area (Å²) < 4.78 is 1.28. The Labute approximate surface area is 79.7 Å². The Bertz CT molecular complexity index is 210. The molecule has 0 spiro atoms. The average molecular weight is 266 g/mol. The van der Waals surface area contributed by atoms with E-state index in [0.717, 1.165) is 6.42 Å². The van der Waals surface area contributed by atoms with Crippen molar-refractivity contribution in [3.05, 3.63) is 39.3 Å². The van der Waals surface area contributed by atoms with Gasteiger partial charge >= 0.3 is 0 Å². The lowest BCUT2D eigenvalue weighted by atomic mass is 10.2. The smallest absolute Gasteiger partial charge is 0.0543 e. The normalized spacial score (nSPS) is 9.80. The summed E-state index contributed by atoms with van der Waals surface area (Å²) in [6.45, 7) is 0. The van der Waals surface area contributed by atoms with E-state index in [-0.39, 0.29) is 0 Å². The van der Waals surface area contributed by atoms with E-state index < -0.39 is 0 Å². The van der Waals surface area contributed by atoms with E-state index in [9.17, 15) is 0 Å². The maximum absolute atomic E-state index is 5.48. The van der Waals surface area contributed by atoms with Gasteiger partial charge in [0.15, 0.2) is 0 Å². The zero-order chi connectivity index (χ0) is 7.40. The van der Waals surface area contributed by atoms with Gasteiger partial charge in [-0.2, -0.15) is 0 Å². The van der Waals surface area contributed by atoms with E-state index in [1.807, 2.05) is 12.1 Å². The highest BCUT2D eigenvalue weighted by atomic mass is 127. The molecule has 0 N–H and O–H groups in total. The average Bonchev–Trinajstić information content (AvgIpc) is 1.94. The lowest BCUT2D eigenvalue weighted by Gasteiger charge is -1.98. The molecular formula is C8H7ClI. The van der Waals surface area contributed by atoms with E-state index in [2.05, 4.69) is 34.7 Å². The van der Waals surface area contributed by atoms with Crippen LogP contribution in [0.4, 0.5) is 0 Å². The zero-order valence-electron chi connectivity index (χ0n) is 5.35. The van der Waals surface area contributed by atoms with Crippen LogP contribution in [-0.4, -0.2) is 0 Å². The predicted molar refractivity (Wildman–Crippen MR) is 53.0 cm³/mol. The van der Waals surface area contributed by atoms with Gasteiger partial charge in [0, 0.05) is 3.57 Å². The lowest BCUT2D eigenvalue weighted by Crippen LogP contribution is -1.85. The van der Waals surface area contributed by atoms with Crippen LogP contribution in [0.25, 0.3) is 0 Å². The molecule has 0 atom stereocenters. The van der Waals surface area contributed by atoms with Crippen LogP contribution in [0.1, 0.15) is 5.56 Å². The van der Waals surface area contributed by atoms with Gasteiger partial charge in [0.2, 0.25) is 0 Å². The molecule has 0 aromatic heterocycles. The van der Waals surface area contributed by atoms with Crippen LogP contribution in [0.3, 0.4) is 0 Å². The lowest BCUT2D eigenvalue weighted by molar-refractivity contribution is 1.22. The van der Waals surface area contributed by atoms with Crippen molar-refractivity contribution in [2.24, 2.45) is 0 Å². The van der Waals surface area contributed by atoms with Gasteiger partial charge in [0.1, 0.15) is 0 Å². The number of halogens is 2. The molecule has 0 unspecified atom stereocenters. The van der Waals surface area contributed by atoms with Crippen LogP contribution in [0.15, 0.2) is 24.3 Å². The number of hydrogen-bond donors (Lipinski definition) is 0. The summed E-state index contributed by atoms with van der Waals surface area (Å²) in [7, 11) is 0. The Morgan fingerprint density at radius 3 is 2.70 bits per heavy atom. The molecule has 0 bridgehead atoms. The van der Waals surface area contributed by atoms with Gasteiger partial charge in [-0.25, -0.2) is 0 Å². The Morgan fingerprint density at radius 1 is 1.40 bits per heavy atom. The fraction of sp³-hybridized carbons (Fsp3) is 0.125. The highest BCUT2D eigenvalue weighted by molar-refractivity contribution is 14.1. The summed E-state index contributed by atoms with van der Waals surface area (Å²) in [5, 5.41) is 0. The minimum atomic E-state index is 0.848. The monoisotopic (exact) mass is 265 g/mol. The minimum Gasteiger partial charge on any atom is -0.121 e. The second-order valence-corrected chi connectivity index (χ2v) is 3.42. The van der Waals surface area contributed by atoms with Gasteiger partial charge in [-0.1, -0.05) is 18.2 Å². The third-order valence-corrected chi connectivity index (χ3v) is 2.46. The largest absolute Gasteiger partial charge is 0.121 e. The Balaban J connectivity index is 2.81. The van der Waals surface area contributed by atoms with Crippen LogP contribution in [0.5, 0.6) is 0 Å². The van der Waals surface area contributed by atoms with Crippen molar-refractivity contribution >= 4 is 34.2 Å². The van der Waals surface area contributed by atoms with Gasteiger partial charge < -0.3 is 0 Å². The van der Waals surface area contributed by atoms with E-state index in [0.29, 0.717) is 0 Å². The van der Waals surface area contributed by atoms with Crippen LogP contribution in [0, 0.1) is 9.45 Å². The molecule has 1 aromatic rings. The first kappa shape index (κ1) is 8.34. The maximum atomic E-state index is 5.48. The van der Waals surface area contributed by atoms with Crippen molar-refractivity contribution in [1.29, 1.82) is 0 Å². The first-order valence-electron chi connectivity index (χ1n) is 3.00. The molecule has 1 radical (unpaired) electrons. The molecule has 0 nitrogen and oxygen atoms in total. The SMILES string of the molecule is Cl[CH]Cc1ccccc1I. The molecule has 53 valence electrons. The van der Waals surface area contributed by atoms with Gasteiger partial charge in [0.05, 0.1) is 5.88 Å². The number of hydrogen-bond acceptors (Lipinski definition) is 0. The fourth-order valence-electron chi connectivity index (χ4n) is 0.747. The van der Waals surface area contributed by atoms with Gasteiger partial charge in [0.25, 0.3) is 0 Å². The van der Waals surface area contributed by atoms with Crippen LogP contribution >= 0.6 is 34.2 Å². The molecule has 2 heteroatoms. The summed E-state index contributed by atoms with van der Waals surface area (Å²) in [5.41, 5.74) is 1.29. The van der Waals surface area contributed by atoms with E-state index in [1.54, 1.807) is 5.88 Å². The Kier molecular flexibility index (Phi) is 3.49. The topological polar surface area (TPSA) is 0 Å². The predicted octanol–water partition coefficient (Wildman–Crippen LogP) is 3.23. The molecule has 0 amide bonds. The van der Waals surface area contributed by atoms with Crippen molar-refractivity contribution in [1.82, 2.24) is 0 Å². The first-order valence-corrected chi connectivity index (χ1v) is 4.51. The summed E-state index contributed by atoms with van der Waals surface area (Å²) in [4.78, 5) is 0.